The van der Waals surface area contributed by atoms with Crippen molar-refractivity contribution in [2.75, 3.05) is 0 Å². The van der Waals surface area contributed by atoms with Gasteiger partial charge in [0.15, 0.2) is 11.5 Å². The molecule has 4 rings (SSSR count). The Labute approximate surface area is 142 Å². The third-order valence-electron chi connectivity index (χ3n) is 4.33. The van der Waals surface area contributed by atoms with Crippen molar-refractivity contribution in [3.8, 4) is 6.07 Å². The largest absolute Gasteiger partial charge is 0.436 e. The highest BCUT2D eigenvalue weighted by atomic mass is 16.5. The van der Waals surface area contributed by atoms with Crippen LogP contribution in [-0.4, -0.2) is 16.6 Å². The number of nitrogens with two attached hydrogens (primary N) is 1. The fourth-order valence-electron chi connectivity index (χ4n) is 3.20. The maximum atomic E-state index is 13.1. The van der Waals surface area contributed by atoms with Crippen LogP contribution in [0.4, 0.5) is 0 Å². The Morgan fingerprint density at radius 2 is 1.68 bits per heavy atom. The molecule has 0 fully saturated rings. The van der Waals surface area contributed by atoms with Gasteiger partial charge >= 0.3 is 0 Å². The topological polar surface area (TPSA) is 106 Å². The number of carbonyl (C=O) groups excluding carboxylic acids is 2. The van der Waals surface area contributed by atoms with Crippen LogP contribution in [-0.2, 0) is 4.74 Å². The molecule has 0 radical (unpaired) electrons. The number of hydrogen-bond donors (Lipinski definition) is 1. The Balaban J connectivity index is 1.99. The van der Waals surface area contributed by atoms with E-state index in [1.54, 1.807) is 48.8 Å². The Morgan fingerprint density at radius 3 is 2.32 bits per heavy atom. The molecule has 6 nitrogen and oxygen atoms in total. The van der Waals surface area contributed by atoms with Crippen LogP contribution in [0.25, 0.3) is 0 Å². The van der Waals surface area contributed by atoms with Crippen LogP contribution in [0.15, 0.2) is 71.6 Å². The summed E-state index contributed by atoms with van der Waals surface area (Å²) in [7, 11) is 0. The Kier molecular flexibility index (Phi) is 3.22. The molecule has 0 bridgehead atoms. The summed E-state index contributed by atoms with van der Waals surface area (Å²) in [4.78, 5) is 29.8. The van der Waals surface area contributed by atoms with Crippen molar-refractivity contribution in [1.82, 2.24) is 4.98 Å². The highest BCUT2D eigenvalue weighted by Crippen LogP contribution is 2.43. The molecule has 1 aliphatic carbocycles. The molecule has 0 spiro atoms. The van der Waals surface area contributed by atoms with Crippen LogP contribution in [0.5, 0.6) is 0 Å². The maximum Gasteiger partial charge on any atom is 0.229 e. The molecule has 1 aromatic carbocycles. The maximum absolute atomic E-state index is 13.1. The van der Waals surface area contributed by atoms with E-state index in [1.165, 1.54) is 0 Å². The first-order valence-corrected chi connectivity index (χ1v) is 7.53. The predicted octanol–water partition coefficient (Wildman–Crippen LogP) is 2.22. The standard InChI is InChI=1S/C19H11N3O3/c20-9-13-14(10-5-7-22-8-6-10)15-16(23)11-3-1-2-4-12(11)17(24)18(15)25-19(13)21/h1-8,14H,21H2. The van der Waals surface area contributed by atoms with Gasteiger partial charge < -0.3 is 10.5 Å². The Bertz CT molecular complexity index is 1030. The number of ether oxygens (including phenoxy) is 1. The molecular weight excluding hydrogens is 318 g/mol. The molecule has 1 unspecified atom stereocenters. The van der Waals surface area contributed by atoms with Crippen LogP contribution >= 0.6 is 0 Å². The number of ketones is 2. The summed E-state index contributed by atoms with van der Waals surface area (Å²) in [6.07, 6.45) is 3.11. The Morgan fingerprint density at radius 1 is 1.04 bits per heavy atom. The van der Waals surface area contributed by atoms with E-state index in [9.17, 15) is 14.9 Å². The minimum atomic E-state index is -0.762. The second-order valence-electron chi connectivity index (χ2n) is 5.65. The summed E-state index contributed by atoms with van der Waals surface area (Å²) < 4.78 is 5.41. The van der Waals surface area contributed by atoms with Crippen LogP contribution in [0.2, 0.25) is 0 Å². The van der Waals surface area contributed by atoms with Gasteiger partial charge in [-0.3, -0.25) is 14.6 Å². The highest BCUT2D eigenvalue weighted by Gasteiger charge is 2.43. The molecule has 0 saturated carbocycles. The third-order valence-corrected chi connectivity index (χ3v) is 4.33. The first-order valence-electron chi connectivity index (χ1n) is 7.53. The van der Waals surface area contributed by atoms with Crippen LogP contribution in [0.1, 0.15) is 32.2 Å². The minimum absolute atomic E-state index is 0.102. The van der Waals surface area contributed by atoms with Gasteiger partial charge in [-0.25, -0.2) is 0 Å². The van der Waals surface area contributed by atoms with E-state index in [4.69, 9.17) is 10.5 Å². The lowest BCUT2D eigenvalue weighted by atomic mass is 9.75. The monoisotopic (exact) mass is 329 g/mol. The zero-order chi connectivity index (χ0) is 17.6. The van der Waals surface area contributed by atoms with E-state index < -0.39 is 11.7 Å². The average Bonchev–Trinajstić information content (AvgIpc) is 2.66. The van der Waals surface area contributed by atoms with E-state index in [0.29, 0.717) is 11.1 Å². The van der Waals surface area contributed by atoms with Crippen molar-refractivity contribution in [2.45, 2.75) is 5.92 Å². The number of allylic oxidation sites excluding steroid dienone is 3. The van der Waals surface area contributed by atoms with Gasteiger partial charge in [0.2, 0.25) is 11.7 Å². The van der Waals surface area contributed by atoms with Gasteiger partial charge in [0.25, 0.3) is 0 Å². The van der Waals surface area contributed by atoms with Gasteiger partial charge in [-0.05, 0) is 17.7 Å². The number of fused-ring (bicyclic) bond motifs is 1. The van der Waals surface area contributed by atoms with E-state index in [1.807, 2.05) is 6.07 Å². The van der Waals surface area contributed by atoms with Gasteiger partial charge in [0, 0.05) is 23.5 Å². The number of nitrogens with zero attached hydrogens (tertiary/aromatic N) is 2. The molecule has 120 valence electrons. The molecule has 2 aromatic rings. The van der Waals surface area contributed by atoms with Gasteiger partial charge in [0.1, 0.15) is 11.6 Å². The lowest BCUT2D eigenvalue weighted by Crippen LogP contribution is -2.32. The van der Waals surface area contributed by atoms with Crippen molar-refractivity contribution in [3.05, 3.63) is 88.3 Å². The summed E-state index contributed by atoms with van der Waals surface area (Å²) in [5.74, 6) is -1.79. The highest BCUT2D eigenvalue weighted by molar-refractivity contribution is 6.27. The predicted molar refractivity (Wildman–Crippen MR) is 87.0 cm³/mol. The summed E-state index contributed by atoms with van der Waals surface area (Å²) >= 11 is 0. The number of aromatic nitrogens is 1. The van der Waals surface area contributed by atoms with Crippen molar-refractivity contribution in [1.29, 1.82) is 5.26 Å². The molecule has 1 aliphatic heterocycles. The van der Waals surface area contributed by atoms with E-state index in [-0.39, 0.29) is 34.1 Å². The van der Waals surface area contributed by atoms with E-state index in [0.717, 1.165) is 0 Å². The SMILES string of the molecule is N#CC1=C(N)OC2=C(C(=O)c3ccccc3C2=O)C1c1ccncc1. The number of nitriles is 1. The lowest BCUT2D eigenvalue weighted by molar-refractivity contribution is 0.0897. The van der Waals surface area contributed by atoms with Crippen LogP contribution < -0.4 is 5.73 Å². The normalized spacial score (nSPS) is 19.1. The number of rotatable bonds is 1. The van der Waals surface area contributed by atoms with Crippen molar-refractivity contribution in [3.63, 3.8) is 0 Å². The van der Waals surface area contributed by atoms with Crippen LogP contribution in [0.3, 0.4) is 0 Å². The number of pyridine rings is 1. The van der Waals surface area contributed by atoms with Crippen molar-refractivity contribution < 1.29 is 14.3 Å². The second kappa shape index (κ2) is 5.42. The Hall–Kier alpha value is -3.72. The van der Waals surface area contributed by atoms with Crippen LogP contribution in [0, 0.1) is 11.3 Å². The van der Waals surface area contributed by atoms with Crippen molar-refractivity contribution >= 4 is 11.6 Å². The fourth-order valence-corrected chi connectivity index (χ4v) is 3.20. The zero-order valence-corrected chi connectivity index (χ0v) is 12.9. The zero-order valence-electron chi connectivity index (χ0n) is 12.9. The average molecular weight is 329 g/mol. The van der Waals surface area contributed by atoms with Gasteiger partial charge in [-0.1, -0.05) is 24.3 Å². The fraction of sp³-hybridized carbons (Fsp3) is 0.0526. The van der Waals surface area contributed by atoms with E-state index in [2.05, 4.69) is 4.98 Å². The lowest BCUT2D eigenvalue weighted by Gasteiger charge is -2.30. The summed E-state index contributed by atoms with van der Waals surface area (Å²) in [5, 5.41) is 9.53. The van der Waals surface area contributed by atoms with Crippen molar-refractivity contribution in [2.24, 2.45) is 5.73 Å². The van der Waals surface area contributed by atoms with E-state index >= 15 is 0 Å². The van der Waals surface area contributed by atoms with Gasteiger partial charge in [-0.15, -0.1) is 0 Å². The first kappa shape index (κ1) is 14.8. The first-order chi connectivity index (χ1) is 12.1. The molecule has 2 N–H and O–H groups in total. The summed E-state index contributed by atoms with van der Waals surface area (Å²) in [6, 6.07) is 11.9. The molecule has 2 heterocycles. The number of benzene rings is 1. The summed E-state index contributed by atoms with van der Waals surface area (Å²) in [6.45, 7) is 0. The molecule has 1 aromatic heterocycles. The third kappa shape index (κ3) is 2.07. The molecule has 0 amide bonds. The molecule has 2 aliphatic rings. The summed E-state index contributed by atoms with van der Waals surface area (Å²) in [5.41, 5.74) is 7.33. The quantitative estimate of drug-likeness (QED) is 0.860. The number of Topliss-reactive ketones (excluding diaryl/α,β-unsaturated/α-hetero) is 2. The minimum Gasteiger partial charge on any atom is -0.436 e. The number of carbonyl (C=O) groups is 2. The molecule has 0 saturated heterocycles. The molecular formula is C19H11N3O3. The molecule has 1 atom stereocenters. The number of hydrogen-bond acceptors (Lipinski definition) is 6. The smallest absolute Gasteiger partial charge is 0.229 e. The van der Waals surface area contributed by atoms with Gasteiger partial charge in [-0.2, -0.15) is 5.26 Å². The van der Waals surface area contributed by atoms with Gasteiger partial charge in [0.05, 0.1) is 11.5 Å². The second-order valence-corrected chi connectivity index (χ2v) is 5.65. The molecule has 6 heteroatoms. The molecule has 25 heavy (non-hydrogen) atoms.